The molecule has 0 radical (unpaired) electrons. The molecule has 1 aliphatic rings. The molecule has 19 heavy (non-hydrogen) atoms. The summed E-state index contributed by atoms with van der Waals surface area (Å²) in [5, 5.41) is 0. The molecule has 3 N–H and O–H groups in total. The summed E-state index contributed by atoms with van der Waals surface area (Å²) in [6.45, 7) is 3.62. The topological polar surface area (TPSA) is 81.4 Å². The highest BCUT2D eigenvalue weighted by molar-refractivity contribution is 7.89. The summed E-state index contributed by atoms with van der Waals surface area (Å²) in [6.07, 6.45) is 0.899. The van der Waals surface area contributed by atoms with E-state index in [1.165, 1.54) is 0 Å². The van der Waals surface area contributed by atoms with Crippen molar-refractivity contribution in [2.24, 2.45) is 11.7 Å². The lowest BCUT2D eigenvalue weighted by atomic mass is 10.0. The van der Waals surface area contributed by atoms with Gasteiger partial charge in [0.1, 0.15) is 0 Å². The van der Waals surface area contributed by atoms with Gasteiger partial charge < -0.3 is 10.5 Å². The van der Waals surface area contributed by atoms with Crippen LogP contribution in [0.15, 0.2) is 29.2 Å². The fourth-order valence-electron chi connectivity index (χ4n) is 2.16. The maximum absolute atomic E-state index is 12.2. The number of hydrogen-bond donors (Lipinski definition) is 2. The molecule has 1 fully saturated rings. The molecule has 1 saturated heterocycles. The molecule has 0 spiro atoms. The Kier molecular flexibility index (Phi) is 4.57. The maximum Gasteiger partial charge on any atom is 0.240 e. The Morgan fingerprint density at radius 3 is 2.63 bits per heavy atom. The fourth-order valence-corrected chi connectivity index (χ4v) is 3.47. The van der Waals surface area contributed by atoms with Gasteiger partial charge in [0, 0.05) is 25.1 Å². The van der Waals surface area contributed by atoms with Crippen molar-refractivity contribution in [3.05, 3.63) is 29.8 Å². The molecule has 1 aliphatic heterocycles. The van der Waals surface area contributed by atoms with E-state index < -0.39 is 10.0 Å². The number of rotatable bonds is 5. The van der Waals surface area contributed by atoms with Gasteiger partial charge >= 0.3 is 0 Å². The average molecular weight is 284 g/mol. The average Bonchev–Trinajstić information content (AvgIpc) is 2.92. The number of hydrogen-bond acceptors (Lipinski definition) is 4. The predicted molar refractivity (Wildman–Crippen MR) is 73.0 cm³/mol. The zero-order chi connectivity index (χ0) is 13.9. The lowest BCUT2D eigenvalue weighted by Gasteiger charge is -2.19. The van der Waals surface area contributed by atoms with Crippen molar-refractivity contribution in [1.29, 1.82) is 0 Å². The van der Waals surface area contributed by atoms with Crippen LogP contribution in [0, 0.1) is 5.92 Å². The summed E-state index contributed by atoms with van der Waals surface area (Å²) >= 11 is 0. The number of ether oxygens (including phenoxy) is 1. The number of nitrogens with one attached hydrogen (secondary N) is 1. The van der Waals surface area contributed by atoms with Gasteiger partial charge in [-0.2, -0.15) is 0 Å². The second kappa shape index (κ2) is 6.00. The van der Waals surface area contributed by atoms with E-state index in [4.69, 9.17) is 10.5 Å². The van der Waals surface area contributed by atoms with Crippen molar-refractivity contribution in [1.82, 2.24) is 4.72 Å². The van der Waals surface area contributed by atoms with Gasteiger partial charge in [-0.25, -0.2) is 13.1 Å². The molecule has 0 aromatic heterocycles. The van der Waals surface area contributed by atoms with Crippen molar-refractivity contribution >= 4 is 10.0 Å². The van der Waals surface area contributed by atoms with Crippen LogP contribution < -0.4 is 10.5 Å². The maximum atomic E-state index is 12.2. The Balaban J connectivity index is 2.08. The third-order valence-electron chi connectivity index (χ3n) is 3.48. The van der Waals surface area contributed by atoms with E-state index in [2.05, 4.69) is 4.72 Å². The van der Waals surface area contributed by atoms with E-state index >= 15 is 0 Å². The summed E-state index contributed by atoms with van der Waals surface area (Å²) in [5.41, 5.74) is 6.41. The molecule has 5 nitrogen and oxygen atoms in total. The first-order chi connectivity index (χ1) is 9.03. The van der Waals surface area contributed by atoms with Crippen LogP contribution in [0.3, 0.4) is 0 Å². The Morgan fingerprint density at radius 2 is 2.11 bits per heavy atom. The fraction of sp³-hybridized carbons (Fsp3) is 0.538. The zero-order valence-electron chi connectivity index (χ0n) is 11.0. The first-order valence-electron chi connectivity index (χ1n) is 6.42. The third-order valence-corrected chi connectivity index (χ3v) is 5.06. The molecule has 1 aromatic carbocycles. The van der Waals surface area contributed by atoms with Gasteiger partial charge in [-0.3, -0.25) is 0 Å². The van der Waals surface area contributed by atoms with Gasteiger partial charge in [0.2, 0.25) is 10.0 Å². The van der Waals surface area contributed by atoms with Gasteiger partial charge in [0.25, 0.3) is 0 Å². The molecule has 0 saturated carbocycles. The summed E-state index contributed by atoms with van der Waals surface area (Å²) in [7, 11) is -3.47. The summed E-state index contributed by atoms with van der Waals surface area (Å²) in [5.74, 6) is 0.248. The van der Waals surface area contributed by atoms with Crippen LogP contribution >= 0.6 is 0 Å². The van der Waals surface area contributed by atoms with E-state index in [0.29, 0.717) is 19.8 Å². The molecule has 2 unspecified atom stereocenters. The lowest BCUT2D eigenvalue weighted by Crippen LogP contribution is -2.38. The minimum Gasteiger partial charge on any atom is -0.381 e. The Bertz CT molecular complexity index is 507. The first kappa shape index (κ1) is 14.5. The second-order valence-electron chi connectivity index (χ2n) is 4.88. The Hall–Kier alpha value is -0.950. The summed E-state index contributed by atoms with van der Waals surface area (Å²) in [4.78, 5) is 0.274. The van der Waals surface area contributed by atoms with E-state index in [-0.39, 0.29) is 16.9 Å². The second-order valence-corrected chi connectivity index (χ2v) is 6.60. The van der Waals surface area contributed by atoms with Crippen LogP contribution in [0.2, 0.25) is 0 Å². The highest BCUT2D eigenvalue weighted by Gasteiger charge is 2.26. The van der Waals surface area contributed by atoms with Gasteiger partial charge in [-0.1, -0.05) is 12.1 Å². The van der Waals surface area contributed by atoms with Crippen molar-refractivity contribution < 1.29 is 13.2 Å². The minimum absolute atomic E-state index is 0.123. The van der Waals surface area contributed by atoms with Crippen molar-refractivity contribution in [2.45, 2.75) is 30.8 Å². The van der Waals surface area contributed by atoms with Gasteiger partial charge in [-0.15, -0.1) is 0 Å². The van der Waals surface area contributed by atoms with Crippen LogP contribution in [0.1, 0.15) is 18.9 Å². The van der Waals surface area contributed by atoms with E-state index in [1.807, 2.05) is 6.92 Å². The highest BCUT2D eigenvalue weighted by atomic mass is 32.2. The number of benzene rings is 1. The lowest BCUT2D eigenvalue weighted by molar-refractivity contribution is 0.180. The third kappa shape index (κ3) is 3.54. The number of nitrogens with two attached hydrogens (primary N) is 1. The Labute approximate surface area is 114 Å². The van der Waals surface area contributed by atoms with Crippen LogP contribution in [0.5, 0.6) is 0 Å². The summed E-state index contributed by atoms with van der Waals surface area (Å²) < 4.78 is 32.4. The monoisotopic (exact) mass is 284 g/mol. The van der Waals surface area contributed by atoms with Crippen molar-refractivity contribution in [2.75, 3.05) is 13.2 Å². The van der Waals surface area contributed by atoms with Crippen LogP contribution in [0.4, 0.5) is 0 Å². The molecule has 0 aliphatic carbocycles. The molecule has 2 atom stereocenters. The predicted octanol–water partition coefficient (Wildman–Crippen LogP) is 0.849. The van der Waals surface area contributed by atoms with Crippen LogP contribution in [-0.2, 0) is 21.3 Å². The molecule has 2 rings (SSSR count). The van der Waals surface area contributed by atoms with Crippen molar-refractivity contribution in [3.8, 4) is 0 Å². The standard InChI is InChI=1S/C13H20N2O3S/c1-10(12-6-7-18-9-12)15-19(16,17)13-4-2-11(8-14)3-5-13/h2-5,10,12,15H,6-9,14H2,1H3. The van der Waals surface area contributed by atoms with E-state index in [1.54, 1.807) is 24.3 Å². The first-order valence-corrected chi connectivity index (χ1v) is 7.90. The summed E-state index contributed by atoms with van der Waals surface area (Å²) in [6, 6.07) is 6.52. The molecule has 1 aromatic rings. The quantitative estimate of drug-likeness (QED) is 0.840. The van der Waals surface area contributed by atoms with Crippen LogP contribution in [-0.4, -0.2) is 27.7 Å². The molecule has 106 valence electrons. The molecule has 1 heterocycles. The van der Waals surface area contributed by atoms with E-state index in [0.717, 1.165) is 12.0 Å². The molecular weight excluding hydrogens is 264 g/mol. The largest absolute Gasteiger partial charge is 0.381 e. The smallest absolute Gasteiger partial charge is 0.240 e. The van der Waals surface area contributed by atoms with Crippen LogP contribution in [0.25, 0.3) is 0 Å². The molecular formula is C13H20N2O3S. The molecule has 6 heteroatoms. The Morgan fingerprint density at radius 1 is 1.42 bits per heavy atom. The minimum atomic E-state index is -3.47. The molecule has 0 amide bonds. The zero-order valence-corrected chi connectivity index (χ0v) is 11.8. The van der Waals surface area contributed by atoms with Gasteiger partial charge in [-0.05, 0) is 31.0 Å². The van der Waals surface area contributed by atoms with Gasteiger partial charge in [0.15, 0.2) is 0 Å². The molecule has 0 bridgehead atoms. The SMILES string of the molecule is CC(NS(=O)(=O)c1ccc(CN)cc1)C1CCOC1. The van der Waals surface area contributed by atoms with E-state index in [9.17, 15) is 8.42 Å². The normalized spacial score (nSPS) is 21.5. The number of sulfonamides is 1. The van der Waals surface area contributed by atoms with Crippen molar-refractivity contribution in [3.63, 3.8) is 0 Å². The highest BCUT2D eigenvalue weighted by Crippen LogP contribution is 2.19. The van der Waals surface area contributed by atoms with Gasteiger partial charge in [0.05, 0.1) is 11.5 Å².